The number of allylic oxidation sites excluding steroid dienone is 1. The monoisotopic (exact) mass is 512 g/mol. The molecule has 1 fully saturated rings. The van der Waals surface area contributed by atoms with Gasteiger partial charge in [-0.2, -0.15) is 8.78 Å². The second-order valence-electron chi connectivity index (χ2n) is 7.63. The summed E-state index contributed by atoms with van der Waals surface area (Å²) in [6, 6.07) is 1.66. The quantitative estimate of drug-likeness (QED) is 0.268. The minimum Gasteiger partial charge on any atom is -0.459 e. The van der Waals surface area contributed by atoms with Gasteiger partial charge in [-0.25, -0.2) is 26.3 Å². The number of hydrogen-bond donors (Lipinski definition) is 0. The normalized spacial score (nSPS) is 18.9. The van der Waals surface area contributed by atoms with Crippen LogP contribution in [0.3, 0.4) is 0 Å². The third kappa shape index (κ3) is 6.63. The van der Waals surface area contributed by atoms with Gasteiger partial charge in [-0.15, -0.1) is 0 Å². The van der Waals surface area contributed by atoms with E-state index in [0.717, 1.165) is 12.8 Å². The van der Waals surface area contributed by atoms with Crippen molar-refractivity contribution in [2.75, 3.05) is 13.2 Å². The van der Waals surface area contributed by atoms with Gasteiger partial charge >= 0.3 is 6.11 Å². The molecule has 1 aliphatic rings. The summed E-state index contributed by atoms with van der Waals surface area (Å²) in [5.41, 5.74) is -1.98. The molecule has 0 saturated carbocycles. The van der Waals surface area contributed by atoms with Gasteiger partial charge in [-0.05, 0) is 18.6 Å². The minimum absolute atomic E-state index is 0.0980. The van der Waals surface area contributed by atoms with E-state index in [1.807, 2.05) is 6.92 Å². The van der Waals surface area contributed by atoms with Gasteiger partial charge < -0.3 is 18.9 Å². The van der Waals surface area contributed by atoms with Gasteiger partial charge in [0.1, 0.15) is 22.9 Å². The van der Waals surface area contributed by atoms with Crippen LogP contribution in [0.25, 0.3) is 0 Å². The molecule has 4 nitrogen and oxygen atoms in total. The molecule has 2 aromatic rings. The molecule has 35 heavy (non-hydrogen) atoms. The molecule has 192 valence electrons. The summed E-state index contributed by atoms with van der Waals surface area (Å²) in [6.45, 7) is 2.49. The summed E-state index contributed by atoms with van der Waals surface area (Å²) in [4.78, 5) is 0. The highest BCUT2D eigenvalue weighted by Crippen LogP contribution is 2.38. The zero-order valence-corrected chi connectivity index (χ0v) is 18.2. The van der Waals surface area contributed by atoms with Crippen molar-refractivity contribution in [3.05, 3.63) is 71.0 Å². The van der Waals surface area contributed by atoms with Crippen LogP contribution >= 0.6 is 0 Å². The van der Waals surface area contributed by atoms with Gasteiger partial charge in [-0.3, -0.25) is 0 Å². The summed E-state index contributed by atoms with van der Waals surface area (Å²) >= 11 is 0. The molecule has 0 bridgehead atoms. The molecule has 0 atom stereocenters. The lowest BCUT2D eigenvalue weighted by Gasteiger charge is -2.30. The molecule has 0 spiro atoms. The Labute approximate surface area is 195 Å². The van der Waals surface area contributed by atoms with Crippen LogP contribution in [0, 0.1) is 29.2 Å². The molecule has 2 aromatic carbocycles. The van der Waals surface area contributed by atoms with Crippen LogP contribution in [-0.2, 0) is 15.6 Å². The molecule has 0 radical (unpaired) electrons. The Hall–Kier alpha value is -2.86. The van der Waals surface area contributed by atoms with Crippen LogP contribution in [0.5, 0.6) is 11.5 Å². The van der Waals surface area contributed by atoms with Crippen LogP contribution in [0.2, 0.25) is 0 Å². The predicted octanol–water partition coefficient (Wildman–Crippen LogP) is 6.99. The van der Waals surface area contributed by atoms with E-state index in [9.17, 15) is 35.1 Å². The zero-order valence-electron chi connectivity index (χ0n) is 18.2. The van der Waals surface area contributed by atoms with Crippen molar-refractivity contribution in [2.45, 2.75) is 38.6 Å². The number of hydrogen-bond acceptors (Lipinski definition) is 4. The van der Waals surface area contributed by atoms with Crippen molar-refractivity contribution in [3.8, 4) is 11.5 Å². The van der Waals surface area contributed by atoms with Crippen molar-refractivity contribution in [3.63, 3.8) is 0 Å². The largest absolute Gasteiger partial charge is 0.459 e. The summed E-state index contributed by atoms with van der Waals surface area (Å²) in [7, 11) is 0. The summed E-state index contributed by atoms with van der Waals surface area (Å²) in [6.07, 6.45) is -6.63. The maximum Gasteiger partial charge on any atom is 0.432 e. The molecule has 0 aromatic heterocycles. The van der Waals surface area contributed by atoms with E-state index in [2.05, 4.69) is 9.47 Å². The Morgan fingerprint density at radius 1 is 0.971 bits per heavy atom. The van der Waals surface area contributed by atoms with Crippen molar-refractivity contribution < 1.29 is 54.1 Å². The number of benzene rings is 2. The molecule has 0 N–H and O–H groups in total. The smallest absolute Gasteiger partial charge is 0.432 e. The second-order valence-corrected chi connectivity index (χ2v) is 7.63. The fourth-order valence-corrected chi connectivity index (χ4v) is 3.39. The van der Waals surface area contributed by atoms with Crippen molar-refractivity contribution in [1.29, 1.82) is 0 Å². The van der Waals surface area contributed by atoms with E-state index in [4.69, 9.17) is 9.47 Å². The first-order valence-corrected chi connectivity index (χ1v) is 10.4. The molecule has 1 saturated heterocycles. The Morgan fingerprint density at radius 3 is 2.06 bits per heavy atom. The summed E-state index contributed by atoms with van der Waals surface area (Å²) in [5, 5.41) is 0. The summed E-state index contributed by atoms with van der Waals surface area (Å²) in [5.74, 6) is -8.79. The lowest BCUT2D eigenvalue weighted by atomic mass is 10.0. The van der Waals surface area contributed by atoms with E-state index in [0.29, 0.717) is 18.4 Å². The number of halogens is 8. The van der Waals surface area contributed by atoms with E-state index in [1.54, 1.807) is 0 Å². The first-order valence-electron chi connectivity index (χ1n) is 10.4. The molecule has 12 heteroatoms. The van der Waals surface area contributed by atoms with Crippen LogP contribution < -0.4 is 9.47 Å². The van der Waals surface area contributed by atoms with Gasteiger partial charge in [0, 0.05) is 29.7 Å². The Kier molecular flexibility index (Phi) is 8.60. The average Bonchev–Trinajstić information content (AvgIpc) is 2.75. The molecular weight excluding hydrogens is 492 g/mol. The lowest BCUT2D eigenvalue weighted by molar-refractivity contribution is -0.206. The third-order valence-electron chi connectivity index (χ3n) is 4.92. The standard InChI is InChI=1S/C23H20F8O4/c1-2-3-12-10-33-22(34-11-12)13-6-15(24)20(16(25)7-13)23(30,31)35-14-8-17(26)21(18(27)9-14)32-5-4-19(28)29/h4-9,12,19,22H,2-3,10-11H2,1H3/b5-4+. The molecule has 0 aliphatic carbocycles. The maximum absolute atomic E-state index is 14.6. The topological polar surface area (TPSA) is 36.9 Å². The Balaban J connectivity index is 1.78. The predicted molar refractivity (Wildman–Crippen MR) is 106 cm³/mol. The fraction of sp³-hybridized carbons (Fsp3) is 0.391. The van der Waals surface area contributed by atoms with Gasteiger partial charge in [0.05, 0.1) is 19.5 Å². The zero-order chi connectivity index (χ0) is 25.8. The lowest BCUT2D eigenvalue weighted by Crippen LogP contribution is -2.28. The van der Waals surface area contributed by atoms with Gasteiger partial charge in [0.2, 0.25) is 0 Å². The number of alkyl halides is 4. The Morgan fingerprint density at radius 2 is 1.54 bits per heavy atom. The third-order valence-corrected chi connectivity index (χ3v) is 4.92. The van der Waals surface area contributed by atoms with Crippen LogP contribution in [-0.4, -0.2) is 19.6 Å². The van der Waals surface area contributed by atoms with E-state index >= 15 is 0 Å². The second kappa shape index (κ2) is 11.3. The van der Waals surface area contributed by atoms with Crippen molar-refractivity contribution >= 4 is 0 Å². The van der Waals surface area contributed by atoms with Crippen molar-refractivity contribution in [2.24, 2.45) is 5.92 Å². The van der Waals surface area contributed by atoms with E-state index in [-0.39, 0.29) is 42.9 Å². The van der Waals surface area contributed by atoms with Gasteiger partial charge in [-0.1, -0.05) is 13.3 Å². The number of rotatable bonds is 9. The SMILES string of the molecule is CCCC1COC(c2cc(F)c(C(F)(F)Oc3cc(F)c(O/C=C/C(F)F)c(F)c3)c(F)c2)OC1. The Bertz CT molecular complexity index is 1010. The first-order chi connectivity index (χ1) is 16.5. The molecular formula is C23H20F8O4. The van der Waals surface area contributed by atoms with Crippen LogP contribution in [0.4, 0.5) is 35.1 Å². The van der Waals surface area contributed by atoms with Crippen molar-refractivity contribution in [1.82, 2.24) is 0 Å². The average molecular weight is 512 g/mol. The number of ether oxygens (including phenoxy) is 4. The molecule has 1 aliphatic heterocycles. The minimum atomic E-state index is -4.69. The van der Waals surface area contributed by atoms with Gasteiger partial charge in [0.15, 0.2) is 23.7 Å². The fourth-order valence-electron chi connectivity index (χ4n) is 3.39. The highest BCUT2D eigenvalue weighted by atomic mass is 19.3. The maximum atomic E-state index is 14.6. The van der Waals surface area contributed by atoms with E-state index < -0.39 is 59.2 Å². The molecule has 1 heterocycles. The van der Waals surface area contributed by atoms with Crippen LogP contribution in [0.15, 0.2) is 36.6 Å². The van der Waals surface area contributed by atoms with Gasteiger partial charge in [0.25, 0.3) is 6.43 Å². The summed E-state index contributed by atoms with van der Waals surface area (Å²) < 4.78 is 130. The molecule has 0 unspecified atom stereocenters. The van der Waals surface area contributed by atoms with E-state index in [1.165, 1.54) is 0 Å². The first kappa shape index (κ1) is 26.7. The highest BCUT2D eigenvalue weighted by Gasteiger charge is 2.42. The molecule has 3 rings (SSSR count). The molecule has 0 amide bonds. The van der Waals surface area contributed by atoms with Crippen LogP contribution in [0.1, 0.15) is 37.2 Å². The highest BCUT2D eigenvalue weighted by molar-refractivity contribution is 5.37.